The van der Waals surface area contributed by atoms with E-state index in [1.165, 1.54) is 18.3 Å². The molecule has 1 rings (SSSR count). The number of carboxylic acid groups (broad SMARTS) is 1. The van der Waals surface area contributed by atoms with E-state index in [9.17, 15) is 18.7 Å². The molecule has 1 unspecified atom stereocenters. The number of carbonyl (C=O) groups excluding carboxylic acids is 1. The van der Waals surface area contributed by atoms with E-state index in [0.29, 0.717) is 0 Å². The molecule has 0 aliphatic rings. The number of aromatic carboxylic acids is 1. The summed E-state index contributed by atoms with van der Waals surface area (Å²) < 4.78 is 20.6. The van der Waals surface area contributed by atoms with E-state index in [1.54, 1.807) is 0 Å². The van der Waals surface area contributed by atoms with Crippen LogP contribution < -0.4 is 56.5 Å². The number of carbonyl (C=O) groups is 1. The van der Waals surface area contributed by atoms with E-state index in [4.69, 9.17) is 0 Å². The van der Waals surface area contributed by atoms with Gasteiger partial charge in [0.2, 0.25) is 0 Å². The molecular formula is C7H5KNO4S-. The minimum absolute atomic E-state index is 0. The van der Waals surface area contributed by atoms with Gasteiger partial charge in [-0.05, 0) is 11.6 Å². The zero-order valence-corrected chi connectivity index (χ0v) is 11.4. The van der Waals surface area contributed by atoms with Crippen LogP contribution >= 0.6 is 0 Å². The number of nitrogens with zero attached hydrogens (tertiary/aromatic N) is 1. The molecule has 1 heterocycles. The van der Waals surface area contributed by atoms with Gasteiger partial charge in [-0.2, -0.15) is 0 Å². The molecule has 0 aromatic carbocycles. The van der Waals surface area contributed by atoms with Gasteiger partial charge in [-0.25, -0.2) is 0 Å². The fourth-order valence-corrected chi connectivity index (χ4v) is 1.35. The minimum Gasteiger partial charge on any atom is -0.772 e. The Kier molecular flexibility index (Phi) is 6.96. The van der Waals surface area contributed by atoms with Crippen LogP contribution in [0.1, 0.15) is 16.1 Å². The fraction of sp³-hybridized carbons (Fsp3) is 0.143. The van der Waals surface area contributed by atoms with Gasteiger partial charge in [0.25, 0.3) is 0 Å². The first kappa shape index (κ1) is 14.4. The quantitative estimate of drug-likeness (QED) is 0.393. The van der Waals surface area contributed by atoms with Gasteiger partial charge in [0.15, 0.2) is 0 Å². The smallest absolute Gasteiger partial charge is 0.772 e. The average Bonchev–Trinajstić information content (AvgIpc) is 2.03. The largest absolute Gasteiger partial charge is 1.00 e. The molecular weight excluding hydrogens is 233 g/mol. The number of rotatable bonds is 3. The van der Waals surface area contributed by atoms with E-state index < -0.39 is 17.0 Å². The molecule has 1 aromatic heterocycles. The van der Waals surface area contributed by atoms with Crippen LogP contribution in [-0.2, 0) is 16.8 Å². The van der Waals surface area contributed by atoms with Crippen LogP contribution in [0.25, 0.3) is 0 Å². The molecule has 0 fully saturated rings. The molecule has 1 atom stereocenters. The first-order valence-corrected chi connectivity index (χ1v) is 4.56. The molecule has 5 nitrogen and oxygen atoms in total. The van der Waals surface area contributed by atoms with E-state index >= 15 is 0 Å². The van der Waals surface area contributed by atoms with Gasteiger partial charge in [-0.15, -0.1) is 0 Å². The van der Waals surface area contributed by atoms with Crippen molar-refractivity contribution < 1.29 is 70.0 Å². The third-order valence-electron chi connectivity index (χ3n) is 1.36. The third-order valence-corrected chi connectivity index (χ3v) is 1.90. The zero-order chi connectivity index (χ0) is 9.84. The van der Waals surface area contributed by atoms with Gasteiger partial charge in [-0.3, -0.25) is 9.19 Å². The Hall–Kier alpha value is 0.366. The molecule has 0 saturated carbocycles. The van der Waals surface area contributed by atoms with Gasteiger partial charge < -0.3 is 14.5 Å². The van der Waals surface area contributed by atoms with E-state index in [0.717, 1.165) is 0 Å². The predicted octanol–water partition coefficient (Wildman–Crippen LogP) is -4.17. The maximum absolute atomic E-state index is 10.4. The number of aromatic nitrogens is 1. The topological polar surface area (TPSA) is 93.2 Å². The summed E-state index contributed by atoms with van der Waals surface area (Å²) in [5.41, 5.74) is -0.192. The first-order chi connectivity index (χ1) is 6.11. The Morgan fingerprint density at radius 3 is 2.71 bits per heavy atom. The van der Waals surface area contributed by atoms with Crippen molar-refractivity contribution in [3.63, 3.8) is 0 Å². The van der Waals surface area contributed by atoms with Crippen molar-refractivity contribution >= 4 is 17.0 Å². The summed E-state index contributed by atoms with van der Waals surface area (Å²) in [6.45, 7) is 0. The number of hydrogen-bond acceptors (Lipinski definition) is 5. The molecule has 0 radical (unpaired) electrons. The maximum Gasteiger partial charge on any atom is 1.00 e. The van der Waals surface area contributed by atoms with E-state index in [1.807, 2.05) is 0 Å². The van der Waals surface area contributed by atoms with Crippen molar-refractivity contribution in [1.29, 1.82) is 0 Å². The van der Waals surface area contributed by atoms with Crippen LogP contribution in [0.5, 0.6) is 0 Å². The molecule has 1 aromatic rings. The first-order valence-electron chi connectivity index (χ1n) is 3.32. The number of carboxylic acids is 1. The Bertz CT molecular complexity index is 357. The average molecular weight is 238 g/mol. The zero-order valence-electron chi connectivity index (χ0n) is 7.43. The molecule has 0 aliphatic carbocycles. The molecule has 0 N–H and O–H groups in total. The molecule has 0 bridgehead atoms. The molecule has 14 heavy (non-hydrogen) atoms. The molecule has 7 heteroatoms. The van der Waals surface area contributed by atoms with Crippen molar-refractivity contribution in [2.24, 2.45) is 0 Å². The van der Waals surface area contributed by atoms with Gasteiger partial charge in [0, 0.05) is 11.9 Å². The monoisotopic (exact) mass is 238 g/mol. The summed E-state index contributed by atoms with van der Waals surface area (Å²) in [7, 11) is 0. The molecule has 0 aliphatic heterocycles. The molecule has 0 spiro atoms. The van der Waals surface area contributed by atoms with Crippen molar-refractivity contribution in [2.45, 2.75) is 5.75 Å². The molecule has 0 amide bonds. The van der Waals surface area contributed by atoms with Crippen LogP contribution in [0.3, 0.4) is 0 Å². The number of hydrogen-bond donors (Lipinski definition) is 0. The Balaban J connectivity index is 0.00000169. The van der Waals surface area contributed by atoms with Gasteiger partial charge in [-0.1, -0.05) is 17.1 Å². The Morgan fingerprint density at radius 1 is 1.57 bits per heavy atom. The summed E-state index contributed by atoms with van der Waals surface area (Å²) in [6, 6.07) is 2.85. The maximum atomic E-state index is 10.4. The van der Waals surface area contributed by atoms with Crippen LogP contribution in [-0.4, -0.2) is 19.7 Å². The Morgan fingerprint density at radius 2 is 2.21 bits per heavy atom. The second-order valence-corrected chi connectivity index (χ2v) is 3.14. The molecule has 0 saturated heterocycles. The van der Waals surface area contributed by atoms with Crippen molar-refractivity contribution in [3.8, 4) is 0 Å². The SMILES string of the molecule is O=C([O-])c1ncccc1CS(=O)[O-].[K+]. The van der Waals surface area contributed by atoms with Gasteiger partial charge >= 0.3 is 51.4 Å². The van der Waals surface area contributed by atoms with E-state index in [-0.39, 0.29) is 68.4 Å². The second-order valence-electron chi connectivity index (χ2n) is 2.25. The summed E-state index contributed by atoms with van der Waals surface area (Å²) in [4.78, 5) is 13.9. The van der Waals surface area contributed by atoms with E-state index in [2.05, 4.69) is 4.98 Å². The van der Waals surface area contributed by atoms with Crippen molar-refractivity contribution in [2.75, 3.05) is 0 Å². The standard InChI is InChI=1S/C7H7NO4S.K/c9-7(10)6-5(4-13(11)12)2-1-3-8-6;/h1-3H,4H2,(H,9,10)(H,11,12);/q;+1/p-2. The summed E-state index contributed by atoms with van der Waals surface area (Å²) in [5, 5.41) is 10.4. The second kappa shape index (κ2) is 6.78. The predicted molar refractivity (Wildman–Crippen MR) is 41.2 cm³/mol. The minimum atomic E-state index is -2.32. The van der Waals surface area contributed by atoms with Crippen molar-refractivity contribution in [1.82, 2.24) is 4.98 Å². The van der Waals surface area contributed by atoms with Crippen molar-refractivity contribution in [3.05, 3.63) is 29.6 Å². The summed E-state index contributed by atoms with van der Waals surface area (Å²) >= 11 is -2.32. The summed E-state index contributed by atoms with van der Waals surface area (Å²) in [6.07, 6.45) is 1.27. The Labute approximate surface area is 126 Å². The van der Waals surface area contributed by atoms with Crippen LogP contribution in [0, 0.1) is 0 Å². The summed E-state index contributed by atoms with van der Waals surface area (Å²) in [5.74, 6) is -1.84. The normalized spacial score (nSPS) is 11.5. The fourth-order valence-electron chi connectivity index (χ4n) is 0.866. The third kappa shape index (κ3) is 4.26. The van der Waals surface area contributed by atoms with Crippen LogP contribution in [0.15, 0.2) is 18.3 Å². The van der Waals surface area contributed by atoms with Crippen LogP contribution in [0.4, 0.5) is 0 Å². The van der Waals surface area contributed by atoms with Crippen LogP contribution in [0.2, 0.25) is 0 Å². The number of pyridine rings is 1. The van der Waals surface area contributed by atoms with Gasteiger partial charge in [0.1, 0.15) is 0 Å². The molecule has 70 valence electrons. The van der Waals surface area contributed by atoms with Gasteiger partial charge in [0.05, 0.1) is 11.7 Å².